The second-order valence-electron chi connectivity index (χ2n) is 5.38. The van der Waals surface area contributed by atoms with Crippen LogP contribution in [0.15, 0.2) is 24.3 Å². The van der Waals surface area contributed by atoms with E-state index in [1.54, 1.807) is 19.2 Å². The van der Waals surface area contributed by atoms with Crippen LogP contribution in [0.25, 0.3) is 0 Å². The molecule has 1 saturated heterocycles. The fourth-order valence-electron chi connectivity index (χ4n) is 2.83. The van der Waals surface area contributed by atoms with Gasteiger partial charge in [-0.2, -0.15) is 0 Å². The molecule has 2 N–H and O–H groups in total. The standard InChI is InChI=1S/C15H19FN2O3/c1-9-8-18(15(20)14(17)19)12(7-13(9)21-2)10-3-5-11(16)6-4-10/h3-6,9,12-13H,7-8H2,1-2H3,(H2,17,19)/t9-,12-,13?/m0/s1. The lowest BCUT2D eigenvalue weighted by molar-refractivity contribution is -0.150. The highest BCUT2D eigenvalue weighted by Gasteiger charge is 2.38. The van der Waals surface area contributed by atoms with Crippen molar-refractivity contribution in [3.05, 3.63) is 35.6 Å². The van der Waals surface area contributed by atoms with Crippen LogP contribution in [0, 0.1) is 11.7 Å². The Balaban J connectivity index is 2.33. The molecule has 2 amide bonds. The number of methoxy groups -OCH3 is 1. The van der Waals surface area contributed by atoms with Crippen LogP contribution in [0.5, 0.6) is 0 Å². The van der Waals surface area contributed by atoms with E-state index in [2.05, 4.69) is 0 Å². The largest absolute Gasteiger partial charge is 0.381 e. The van der Waals surface area contributed by atoms with Crippen LogP contribution in [0.3, 0.4) is 0 Å². The molecule has 0 aromatic heterocycles. The lowest BCUT2D eigenvalue weighted by Crippen LogP contribution is -2.51. The third kappa shape index (κ3) is 3.21. The molecule has 1 fully saturated rings. The average Bonchev–Trinajstić information content (AvgIpc) is 2.47. The number of nitrogens with zero attached hydrogens (tertiary/aromatic N) is 1. The van der Waals surface area contributed by atoms with E-state index in [-0.39, 0.29) is 23.9 Å². The summed E-state index contributed by atoms with van der Waals surface area (Å²) < 4.78 is 18.5. The summed E-state index contributed by atoms with van der Waals surface area (Å²) in [6.45, 7) is 2.33. The molecular formula is C15H19FN2O3. The average molecular weight is 294 g/mol. The van der Waals surface area contributed by atoms with Gasteiger partial charge in [0.1, 0.15) is 5.82 Å². The van der Waals surface area contributed by atoms with Gasteiger partial charge in [-0.1, -0.05) is 19.1 Å². The van der Waals surface area contributed by atoms with Crippen LogP contribution in [-0.2, 0) is 14.3 Å². The number of likely N-dealkylation sites (tertiary alicyclic amines) is 1. The van der Waals surface area contributed by atoms with Crippen molar-refractivity contribution < 1.29 is 18.7 Å². The van der Waals surface area contributed by atoms with E-state index in [9.17, 15) is 14.0 Å². The van der Waals surface area contributed by atoms with E-state index in [1.807, 2.05) is 6.92 Å². The first-order chi connectivity index (χ1) is 9.93. The minimum atomic E-state index is -0.981. The zero-order chi connectivity index (χ0) is 15.6. The molecule has 1 unspecified atom stereocenters. The van der Waals surface area contributed by atoms with Gasteiger partial charge in [0.15, 0.2) is 0 Å². The summed E-state index contributed by atoms with van der Waals surface area (Å²) in [5.74, 6) is -1.95. The Morgan fingerprint density at radius 2 is 1.95 bits per heavy atom. The normalized spacial score (nSPS) is 25.7. The number of carbonyl (C=O) groups is 2. The number of piperidine rings is 1. The smallest absolute Gasteiger partial charge is 0.312 e. The summed E-state index contributed by atoms with van der Waals surface area (Å²) in [7, 11) is 1.62. The SMILES string of the molecule is COC1C[C@@H](c2ccc(F)cc2)N(C(=O)C(N)=O)C[C@@H]1C. The van der Waals surface area contributed by atoms with Crippen LogP contribution in [0.4, 0.5) is 4.39 Å². The van der Waals surface area contributed by atoms with Gasteiger partial charge >= 0.3 is 11.8 Å². The summed E-state index contributed by atoms with van der Waals surface area (Å²) in [5, 5.41) is 0. The predicted molar refractivity (Wildman–Crippen MR) is 74.6 cm³/mol. The topological polar surface area (TPSA) is 72.6 Å². The molecule has 114 valence electrons. The van der Waals surface area contributed by atoms with E-state index < -0.39 is 11.8 Å². The van der Waals surface area contributed by atoms with Crippen molar-refractivity contribution >= 4 is 11.8 Å². The van der Waals surface area contributed by atoms with Gasteiger partial charge in [0.25, 0.3) is 0 Å². The summed E-state index contributed by atoms with van der Waals surface area (Å²) in [5.41, 5.74) is 5.89. The number of ether oxygens (including phenoxy) is 1. The van der Waals surface area contributed by atoms with Crippen molar-refractivity contribution in [2.75, 3.05) is 13.7 Å². The molecule has 1 aromatic rings. The zero-order valence-electron chi connectivity index (χ0n) is 12.1. The van der Waals surface area contributed by atoms with Gasteiger partial charge in [0.05, 0.1) is 12.1 Å². The molecule has 0 radical (unpaired) electrons. The Labute approximate surface area is 122 Å². The fraction of sp³-hybridized carbons (Fsp3) is 0.467. The van der Waals surface area contributed by atoms with Gasteiger partial charge in [-0.25, -0.2) is 4.39 Å². The number of rotatable bonds is 2. The van der Waals surface area contributed by atoms with Crippen molar-refractivity contribution in [2.24, 2.45) is 11.7 Å². The van der Waals surface area contributed by atoms with Crippen LogP contribution in [0.2, 0.25) is 0 Å². The highest BCUT2D eigenvalue weighted by molar-refractivity contribution is 6.34. The van der Waals surface area contributed by atoms with E-state index in [0.29, 0.717) is 13.0 Å². The molecule has 0 saturated carbocycles. The number of nitrogens with two attached hydrogens (primary N) is 1. The van der Waals surface area contributed by atoms with E-state index in [0.717, 1.165) is 5.56 Å². The first kappa shape index (κ1) is 15.4. The number of carbonyl (C=O) groups excluding carboxylic acids is 2. The Bertz CT molecular complexity index is 532. The van der Waals surface area contributed by atoms with Gasteiger partial charge in [-0.3, -0.25) is 9.59 Å². The Hall–Kier alpha value is -1.95. The Morgan fingerprint density at radius 1 is 1.33 bits per heavy atom. The van der Waals surface area contributed by atoms with Crippen molar-refractivity contribution in [3.63, 3.8) is 0 Å². The van der Waals surface area contributed by atoms with Crippen molar-refractivity contribution in [1.82, 2.24) is 4.90 Å². The summed E-state index contributed by atoms with van der Waals surface area (Å²) >= 11 is 0. The second kappa shape index (κ2) is 6.22. The minimum Gasteiger partial charge on any atom is -0.381 e. The number of amides is 2. The molecule has 1 aliphatic heterocycles. The summed E-state index contributed by atoms with van der Waals surface area (Å²) in [4.78, 5) is 24.7. The van der Waals surface area contributed by atoms with E-state index >= 15 is 0 Å². The lowest BCUT2D eigenvalue weighted by Gasteiger charge is -2.42. The quantitative estimate of drug-likeness (QED) is 0.834. The Morgan fingerprint density at radius 3 is 2.48 bits per heavy atom. The highest BCUT2D eigenvalue weighted by Crippen LogP contribution is 2.34. The zero-order valence-corrected chi connectivity index (χ0v) is 12.1. The minimum absolute atomic E-state index is 0.0306. The van der Waals surface area contributed by atoms with Crippen molar-refractivity contribution in [1.29, 1.82) is 0 Å². The maximum absolute atomic E-state index is 13.1. The molecule has 1 aromatic carbocycles. The van der Waals surface area contributed by atoms with Crippen LogP contribution >= 0.6 is 0 Å². The van der Waals surface area contributed by atoms with Gasteiger partial charge in [0, 0.05) is 19.6 Å². The molecular weight excluding hydrogens is 275 g/mol. The molecule has 0 spiro atoms. The number of primary amides is 1. The molecule has 0 aliphatic carbocycles. The monoisotopic (exact) mass is 294 g/mol. The first-order valence-corrected chi connectivity index (χ1v) is 6.82. The second-order valence-corrected chi connectivity index (χ2v) is 5.38. The van der Waals surface area contributed by atoms with E-state index in [1.165, 1.54) is 17.0 Å². The number of halogens is 1. The van der Waals surface area contributed by atoms with Crippen molar-refractivity contribution in [3.8, 4) is 0 Å². The number of benzene rings is 1. The molecule has 2 rings (SSSR count). The van der Waals surface area contributed by atoms with Gasteiger partial charge in [0.2, 0.25) is 0 Å². The van der Waals surface area contributed by atoms with Gasteiger partial charge in [-0.15, -0.1) is 0 Å². The van der Waals surface area contributed by atoms with Crippen molar-refractivity contribution in [2.45, 2.75) is 25.5 Å². The molecule has 21 heavy (non-hydrogen) atoms. The fourth-order valence-corrected chi connectivity index (χ4v) is 2.83. The molecule has 5 nitrogen and oxygen atoms in total. The van der Waals surface area contributed by atoms with Gasteiger partial charge < -0.3 is 15.4 Å². The third-order valence-corrected chi connectivity index (χ3v) is 3.98. The molecule has 1 heterocycles. The molecule has 3 atom stereocenters. The number of hydrogen-bond acceptors (Lipinski definition) is 3. The molecule has 6 heteroatoms. The lowest BCUT2D eigenvalue weighted by atomic mass is 9.87. The van der Waals surface area contributed by atoms with Crippen LogP contribution in [-0.4, -0.2) is 36.5 Å². The summed E-state index contributed by atoms with van der Waals surface area (Å²) in [6, 6.07) is 5.56. The first-order valence-electron chi connectivity index (χ1n) is 6.82. The van der Waals surface area contributed by atoms with E-state index in [4.69, 9.17) is 10.5 Å². The van der Waals surface area contributed by atoms with Gasteiger partial charge in [-0.05, 0) is 24.1 Å². The maximum atomic E-state index is 13.1. The maximum Gasteiger partial charge on any atom is 0.312 e. The number of hydrogen-bond donors (Lipinski definition) is 1. The highest BCUT2D eigenvalue weighted by atomic mass is 19.1. The third-order valence-electron chi connectivity index (χ3n) is 3.98. The molecule has 0 bridgehead atoms. The Kier molecular flexibility index (Phi) is 4.57. The summed E-state index contributed by atoms with van der Waals surface area (Å²) in [6.07, 6.45) is 0.513. The van der Waals surface area contributed by atoms with Crippen LogP contribution in [0.1, 0.15) is 24.9 Å². The molecule has 1 aliphatic rings. The predicted octanol–water partition coefficient (Wildman–Crippen LogP) is 1.24. The van der Waals surface area contributed by atoms with Crippen LogP contribution < -0.4 is 5.73 Å².